The summed E-state index contributed by atoms with van der Waals surface area (Å²) in [6.45, 7) is 0. The van der Waals surface area contributed by atoms with E-state index in [1.807, 2.05) is 0 Å². The molecule has 0 aromatic carbocycles. The molecule has 66 valence electrons. The number of pyridine rings is 2. The van der Waals surface area contributed by atoms with Crippen molar-refractivity contribution in [3.63, 3.8) is 0 Å². The molecule has 2 rings (SSSR count). The molecule has 0 saturated carbocycles. The maximum absolute atomic E-state index is 13.1. The van der Waals surface area contributed by atoms with Crippen molar-refractivity contribution in [3.8, 4) is 0 Å². The Bertz CT molecular complexity index is 518. The van der Waals surface area contributed by atoms with Crippen LogP contribution in [-0.4, -0.2) is 4.40 Å². The van der Waals surface area contributed by atoms with E-state index in [-0.39, 0.29) is 0 Å². The SMILES string of the molecule is Nc1ccc(=O)n2c(F)cccc12. The van der Waals surface area contributed by atoms with Crippen LogP contribution in [-0.2, 0) is 0 Å². The highest BCUT2D eigenvalue weighted by Gasteiger charge is 2.02. The number of nitrogens with zero attached hydrogens (tertiary/aromatic N) is 1. The van der Waals surface area contributed by atoms with Crippen molar-refractivity contribution in [2.45, 2.75) is 0 Å². The largest absolute Gasteiger partial charge is 0.397 e. The fraction of sp³-hybridized carbons (Fsp3) is 0. The zero-order chi connectivity index (χ0) is 9.42. The minimum absolute atomic E-state index is 0.388. The van der Waals surface area contributed by atoms with Gasteiger partial charge in [-0.3, -0.25) is 9.20 Å². The van der Waals surface area contributed by atoms with Gasteiger partial charge in [0.1, 0.15) is 0 Å². The lowest BCUT2D eigenvalue weighted by molar-refractivity contribution is 0.562. The molecule has 0 saturated heterocycles. The third-order valence-corrected chi connectivity index (χ3v) is 1.86. The van der Waals surface area contributed by atoms with Gasteiger partial charge in [0, 0.05) is 6.07 Å². The van der Waals surface area contributed by atoms with E-state index in [1.54, 1.807) is 6.07 Å². The fourth-order valence-electron chi connectivity index (χ4n) is 1.25. The van der Waals surface area contributed by atoms with Crippen molar-refractivity contribution in [2.24, 2.45) is 0 Å². The van der Waals surface area contributed by atoms with Crippen LogP contribution in [0.5, 0.6) is 0 Å². The number of fused-ring (bicyclic) bond motifs is 1. The van der Waals surface area contributed by atoms with E-state index in [9.17, 15) is 9.18 Å². The maximum Gasteiger partial charge on any atom is 0.257 e. The van der Waals surface area contributed by atoms with Gasteiger partial charge in [0.15, 0.2) is 0 Å². The number of nitrogens with two attached hydrogens (primary N) is 1. The van der Waals surface area contributed by atoms with E-state index in [2.05, 4.69) is 0 Å². The van der Waals surface area contributed by atoms with E-state index in [0.29, 0.717) is 11.2 Å². The van der Waals surface area contributed by atoms with Gasteiger partial charge < -0.3 is 5.73 Å². The van der Waals surface area contributed by atoms with E-state index in [0.717, 1.165) is 4.40 Å². The van der Waals surface area contributed by atoms with Crippen LogP contribution < -0.4 is 11.3 Å². The van der Waals surface area contributed by atoms with Crippen LogP contribution >= 0.6 is 0 Å². The van der Waals surface area contributed by atoms with Crippen molar-refractivity contribution >= 4 is 11.2 Å². The van der Waals surface area contributed by atoms with E-state index in [4.69, 9.17) is 5.73 Å². The standard InChI is InChI=1S/C9H7FN2O/c10-8-3-1-2-7-6(11)4-5-9(13)12(7)8/h1-5H,11H2. The molecule has 0 spiro atoms. The van der Waals surface area contributed by atoms with Crippen molar-refractivity contribution in [1.82, 2.24) is 4.40 Å². The van der Waals surface area contributed by atoms with Crippen molar-refractivity contribution < 1.29 is 4.39 Å². The quantitative estimate of drug-likeness (QED) is 0.612. The molecule has 0 aliphatic rings. The molecular weight excluding hydrogens is 171 g/mol. The minimum atomic E-state index is -0.602. The first-order valence-electron chi connectivity index (χ1n) is 3.76. The molecule has 0 atom stereocenters. The predicted octanol–water partition coefficient (Wildman–Crippen LogP) is 1.02. The number of anilines is 1. The third-order valence-electron chi connectivity index (χ3n) is 1.86. The summed E-state index contributed by atoms with van der Waals surface area (Å²) in [5.74, 6) is -0.602. The molecule has 0 unspecified atom stereocenters. The zero-order valence-corrected chi connectivity index (χ0v) is 6.70. The Hall–Kier alpha value is -1.84. The molecular formula is C9H7FN2O. The molecule has 0 aliphatic heterocycles. The monoisotopic (exact) mass is 178 g/mol. The number of nitrogen functional groups attached to an aromatic ring is 1. The highest BCUT2D eigenvalue weighted by molar-refractivity contribution is 5.68. The Morgan fingerprint density at radius 1 is 1.23 bits per heavy atom. The summed E-state index contributed by atoms with van der Waals surface area (Å²) in [5.41, 5.74) is 5.94. The molecule has 0 aliphatic carbocycles. The summed E-state index contributed by atoms with van der Waals surface area (Å²) >= 11 is 0. The van der Waals surface area contributed by atoms with Gasteiger partial charge in [-0.05, 0) is 18.2 Å². The van der Waals surface area contributed by atoms with Crippen molar-refractivity contribution in [3.05, 3.63) is 46.6 Å². The summed E-state index contributed by atoms with van der Waals surface area (Å²) in [6.07, 6.45) is 0. The molecule has 0 amide bonds. The summed E-state index contributed by atoms with van der Waals surface area (Å²) in [5, 5.41) is 0. The average Bonchev–Trinajstić information content (AvgIpc) is 2.12. The van der Waals surface area contributed by atoms with Crippen LogP contribution in [0.3, 0.4) is 0 Å². The van der Waals surface area contributed by atoms with Crippen LogP contribution in [0.15, 0.2) is 35.1 Å². The first-order chi connectivity index (χ1) is 6.20. The molecule has 0 fully saturated rings. The second-order valence-electron chi connectivity index (χ2n) is 2.70. The normalized spacial score (nSPS) is 10.5. The Kier molecular flexibility index (Phi) is 1.55. The van der Waals surface area contributed by atoms with Gasteiger partial charge in [0.05, 0.1) is 11.2 Å². The number of rotatable bonds is 0. The molecule has 3 nitrogen and oxygen atoms in total. The summed E-state index contributed by atoms with van der Waals surface area (Å²) in [4.78, 5) is 11.2. The smallest absolute Gasteiger partial charge is 0.257 e. The number of aromatic nitrogens is 1. The van der Waals surface area contributed by atoms with Crippen LogP contribution in [0.2, 0.25) is 0 Å². The summed E-state index contributed by atoms with van der Waals surface area (Å²) in [7, 11) is 0. The van der Waals surface area contributed by atoms with E-state index in [1.165, 1.54) is 24.3 Å². The Morgan fingerprint density at radius 3 is 2.69 bits per heavy atom. The van der Waals surface area contributed by atoms with Crippen LogP contribution in [0.4, 0.5) is 10.1 Å². The lowest BCUT2D eigenvalue weighted by Crippen LogP contribution is -2.15. The van der Waals surface area contributed by atoms with Crippen molar-refractivity contribution in [2.75, 3.05) is 5.73 Å². The Labute approximate surface area is 73.2 Å². The van der Waals surface area contributed by atoms with Gasteiger partial charge in [-0.25, -0.2) is 0 Å². The Balaban J connectivity index is 3.09. The van der Waals surface area contributed by atoms with Gasteiger partial charge in [-0.2, -0.15) is 4.39 Å². The van der Waals surface area contributed by atoms with Gasteiger partial charge in [-0.15, -0.1) is 0 Å². The number of halogens is 1. The molecule has 2 heterocycles. The fourth-order valence-corrected chi connectivity index (χ4v) is 1.25. The van der Waals surface area contributed by atoms with Crippen LogP contribution in [0.25, 0.3) is 5.52 Å². The number of hydrogen-bond donors (Lipinski definition) is 1. The lowest BCUT2D eigenvalue weighted by Gasteiger charge is -2.03. The van der Waals surface area contributed by atoms with E-state index < -0.39 is 11.5 Å². The van der Waals surface area contributed by atoms with Gasteiger partial charge >= 0.3 is 0 Å². The molecule has 2 N–H and O–H groups in total. The molecule has 13 heavy (non-hydrogen) atoms. The summed E-state index contributed by atoms with van der Waals surface area (Å²) in [6, 6.07) is 7.04. The minimum Gasteiger partial charge on any atom is -0.397 e. The first-order valence-corrected chi connectivity index (χ1v) is 3.76. The second kappa shape index (κ2) is 2.58. The lowest BCUT2D eigenvalue weighted by atomic mass is 10.3. The second-order valence-corrected chi connectivity index (χ2v) is 2.70. The van der Waals surface area contributed by atoms with Gasteiger partial charge in [-0.1, -0.05) is 6.07 Å². The van der Waals surface area contributed by atoms with E-state index >= 15 is 0 Å². The summed E-state index contributed by atoms with van der Waals surface area (Å²) < 4.78 is 14.1. The van der Waals surface area contributed by atoms with Crippen LogP contribution in [0, 0.1) is 5.95 Å². The predicted molar refractivity (Wildman–Crippen MR) is 48.0 cm³/mol. The highest BCUT2D eigenvalue weighted by Crippen LogP contribution is 2.11. The Morgan fingerprint density at radius 2 is 2.00 bits per heavy atom. The highest BCUT2D eigenvalue weighted by atomic mass is 19.1. The van der Waals surface area contributed by atoms with Gasteiger partial charge in [0.25, 0.3) is 5.56 Å². The zero-order valence-electron chi connectivity index (χ0n) is 6.70. The number of hydrogen-bond acceptors (Lipinski definition) is 2. The first kappa shape index (κ1) is 7.79. The maximum atomic E-state index is 13.1. The van der Waals surface area contributed by atoms with Crippen LogP contribution in [0.1, 0.15) is 0 Å². The molecule has 4 heteroatoms. The molecule has 0 bridgehead atoms. The molecule has 2 aromatic heterocycles. The average molecular weight is 178 g/mol. The molecule has 2 aromatic rings. The third kappa shape index (κ3) is 1.07. The topological polar surface area (TPSA) is 47.5 Å². The van der Waals surface area contributed by atoms with Crippen molar-refractivity contribution in [1.29, 1.82) is 0 Å². The van der Waals surface area contributed by atoms with Gasteiger partial charge in [0.2, 0.25) is 5.95 Å². The molecule has 0 radical (unpaired) electrons.